The second-order valence-corrected chi connectivity index (χ2v) is 5.18. The Labute approximate surface area is 118 Å². The van der Waals surface area contributed by atoms with E-state index in [0.29, 0.717) is 5.92 Å². The first-order chi connectivity index (χ1) is 9.22. The number of nitrogens with one attached hydrogen (secondary N) is 1. The molecule has 0 fully saturated rings. The summed E-state index contributed by atoms with van der Waals surface area (Å²) in [6.45, 7) is 10.8. The lowest BCUT2D eigenvalue weighted by atomic mass is 9.98. The van der Waals surface area contributed by atoms with Crippen LogP contribution in [0.25, 0.3) is 0 Å². The zero-order valence-electron chi connectivity index (χ0n) is 12.9. The molecule has 0 spiro atoms. The number of likely N-dealkylation sites (N-methyl/N-ethyl adjacent to an activating group) is 1. The van der Waals surface area contributed by atoms with Gasteiger partial charge in [-0.05, 0) is 36.9 Å². The van der Waals surface area contributed by atoms with Crippen LogP contribution in [0.1, 0.15) is 58.4 Å². The van der Waals surface area contributed by atoms with Gasteiger partial charge >= 0.3 is 0 Å². The van der Waals surface area contributed by atoms with E-state index in [0.717, 1.165) is 38.1 Å². The molecule has 1 aromatic carbocycles. The third kappa shape index (κ3) is 5.23. The molecule has 19 heavy (non-hydrogen) atoms. The minimum Gasteiger partial charge on any atom is -0.489 e. The summed E-state index contributed by atoms with van der Waals surface area (Å²) in [6.07, 6.45) is 3.67. The standard InChI is InChI=1S/C17H29NO/c1-5-10-15(13-18-7-3)19-17-12-9-8-11-16(17)14(4)6-2/h8-9,11-12,14-15,18H,5-7,10,13H2,1-4H3. The first kappa shape index (κ1) is 16.0. The summed E-state index contributed by atoms with van der Waals surface area (Å²) in [5, 5.41) is 3.39. The number of ether oxygens (including phenoxy) is 1. The number of benzene rings is 1. The number of hydrogen-bond acceptors (Lipinski definition) is 2. The Morgan fingerprint density at radius 1 is 1.16 bits per heavy atom. The highest BCUT2D eigenvalue weighted by molar-refractivity contribution is 5.36. The average Bonchev–Trinajstić information content (AvgIpc) is 2.44. The zero-order valence-corrected chi connectivity index (χ0v) is 12.9. The lowest BCUT2D eigenvalue weighted by Gasteiger charge is -2.22. The van der Waals surface area contributed by atoms with Crippen molar-refractivity contribution in [3.8, 4) is 5.75 Å². The van der Waals surface area contributed by atoms with Crippen molar-refractivity contribution < 1.29 is 4.74 Å². The molecule has 0 aromatic heterocycles. The minimum absolute atomic E-state index is 0.273. The van der Waals surface area contributed by atoms with E-state index in [9.17, 15) is 0 Å². The molecule has 0 bridgehead atoms. The van der Waals surface area contributed by atoms with E-state index in [1.54, 1.807) is 0 Å². The molecule has 2 atom stereocenters. The summed E-state index contributed by atoms with van der Waals surface area (Å²) in [7, 11) is 0. The largest absolute Gasteiger partial charge is 0.489 e. The maximum Gasteiger partial charge on any atom is 0.123 e. The molecule has 0 aliphatic heterocycles. The molecular weight excluding hydrogens is 234 g/mol. The van der Waals surface area contributed by atoms with Gasteiger partial charge in [0.25, 0.3) is 0 Å². The Hall–Kier alpha value is -1.02. The van der Waals surface area contributed by atoms with Gasteiger partial charge in [-0.2, -0.15) is 0 Å². The van der Waals surface area contributed by atoms with Gasteiger partial charge < -0.3 is 10.1 Å². The second-order valence-electron chi connectivity index (χ2n) is 5.18. The van der Waals surface area contributed by atoms with Crippen molar-refractivity contribution in [1.82, 2.24) is 5.32 Å². The molecule has 0 amide bonds. The maximum atomic E-state index is 6.25. The molecule has 2 nitrogen and oxygen atoms in total. The van der Waals surface area contributed by atoms with Crippen molar-refractivity contribution in [3.05, 3.63) is 29.8 Å². The Kier molecular flexibility index (Phi) is 7.57. The van der Waals surface area contributed by atoms with E-state index in [2.05, 4.69) is 57.3 Å². The van der Waals surface area contributed by atoms with Crippen molar-refractivity contribution in [1.29, 1.82) is 0 Å². The summed E-state index contributed by atoms with van der Waals surface area (Å²) >= 11 is 0. The predicted octanol–water partition coefficient (Wildman–Crippen LogP) is 4.36. The van der Waals surface area contributed by atoms with Crippen LogP contribution in [0.15, 0.2) is 24.3 Å². The van der Waals surface area contributed by atoms with E-state index in [1.807, 2.05) is 0 Å². The van der Waals surface area contributed by atoms with Gasteiger partial charge in [0.05, 0.1) is 0 Å². The number of rotatable bonds is 9. The van der Waals surface area contributed by atoms with Crippen LogP contribution in [-0.2, 0) is 0 Å². The average molecular weight is 263 g/mol. The molecule has 0 heterocycles. The van der Waals surface area contributed by atoms with Gasteiger partial charge in [-0.3, -0.25) is 0 Å². The van der Waals surface area contributed by atoms with Gasteiger partial charge in [0.1, 0.15) is 11.9 Å². The van der Waals surface area contributed by atoms with Crippen molar-refractivity contribution in [2.75, 3.05) is 13.1 Å². The maximum absolute atomic E-state index is 6.25. The highest BCUT2D eigenvalue weighted by Crippen LogP contribution is 2.29. The van der Waals surface area contributed by atoms with Crippen LogP contribution < -0.4 is 10.1 Å². The molecule has 1 aromatic rings. The Balaban J connectivity index is 2.77. The summed E-state index contributed by atoms with van der Waals surface area (Å²) in [4.78, 5) is 0. The Morgan fingerprint density at radius 3 is 2.53 bits per heavy atom. The molecule has 2 heteroatoms. The SMILES string of the molecule is CCCC(CNCC)Oc1ccccc1C(C)CC. The van der Waals surface area contributed by atoms with Crippen LogP contribution in [0, 0.1) is 0 Å². The summed E-state index contributed by atoms with van der Waals surface area (Å²) < 4.78 is 6.25. The molecule has 0 radical (unpaired) electrons. The topological polar surface area (TPSA) is 21.3 Å². The van der Waals surface area contributed by atoms with Crippen LogP contribution in [0.2, 0.25) is 0 Å². The summed E-state index contributed by atoms with van der Waals surface area (Å²) in [6, 6.07) is 8.47. The highest BCUT2D eigenvalue weighted by atomic mass is 16.5. The smallest absolute Gasteiger partial charge is 0.123 e. The van der Waals surface area contributed by atoms with E-state index in [1.165, 1.54) is 5.56 Å². The van der Waals surface area contributed by atoms with Crippen molar-refractivity contribution >= 4 is 0 Å². The normalized spacial score (nSPS) is 14.1. The molecule has 0 saturated carbocycles. The molecule has 1 rings (SSSR count). The highest BCUT2D eigenvalue weighted by Gasteiger charge is 2.14. The lowest BCUT2D eigenvalue weighted by molar-refractivity contribution is 0.185. The van der Waals surface area contributed by atoms with Crippen LogP contribution in [0.5, 0.6) is 5.75 Å². The molecule has 0 aliphatic carbocycles. The third-order valence-electron chi connectivity index (χ3n) is 3.59. The molecular formula is C17H29NO. The summed E-state index contributed by atoms with van der Waals surface area (Å²) in [5.74, 6) is 1.62. The van der Waals surface area contributed by atoms with Crippen molar-refractivity contribution in [3.63, 3.8) is 0 Å². The van der Waals surface area contributed by atoms with Crippen molar-refractivity contribution in [2.24, 2.45) is 0 Å². The Morgan fingerprint density at radius 2 is 1.89 bits per heavy atom. The minimum atomic E-state index is 0.273. The van der Waals surface area contributed by atoms with E-state index in [-0.39, 0.29) is 6.10 Å². The van der Waals surface area contributed by atoms with Crippen LogP contribution in [0.4, 0.5) is 0 Å². The fraction of sp³-hybridized carbons (Fsp3) is 0.647. The fourth-order valence-electron chi connectivity index (χ4n) is 2.22. The van der Waals surface area contributed by atoms with Crippen LogP contribution in [0.3, 0.4) is 0 Å². The van der Waals surface area contributed by atoms with Crippen LogP contribution >= 0.6 is 0 Å². The summed E-state index contributed by atoms with van der Waals surface area (Å²) in [5.41, 5.74) is 1.34. The quantitative estimate of drug-likeness (QED) is 0.715. The monoisotopic (exact) mass is 263 g/mol. The molecule has 2 unspecified atom stereocenters. The van der Waals surface area contributed by atoms with Crippen molar-refractivity contribution in [2.45, 2.75) is 59.0 Å². The van der Waals surface area contributed by atoms with Crippen LogP contribution in [-0.4, -0.2) is 19.2 Å². The van der Waals surface area contributed by atoms with Gasteiger partial charge in [-0.1, -0.05) is 52.3 Å². The second kappa shape index (κ2) is 8.98. The Bertz CT molecular complexity index is 351. The van der Waals surface area contributed by atoms with E-state index >= 15 is 0 Å². The van der Waals surface area contributed by atoms with E-state index < -0.39 is 0 Å². The van der Waals surface area contributed by atoms with Gasteiger partial charge in [-0.15, -0.1) is 0 Å². The lowest BCUT2D eigenvalue weighted by Crippen LogP contribution is -2.31. The van der Waals surface area contributed by atoms with Gasteiger partial charge in [0.15, 0.2) is 0 Å². The third-order valence-corrected chi connectivity index (χ3v) is 3.59. The zero-order chi connectivity index (χ0) is 14.1. The fourth-order valence-corrected chi connectivity index (χ4v) is 2.22. The first-order valence-corrected chi connectivity index (χ1v) is 7.69. The molecule has 0 aliphatic rings. The van der Waals surface area contributed by atoms with Gasteiger partial charge in [-0.25, -0.2) is 0 Å². The predicted molar refractivity (Wildman–Crippen MR) is 83.0 cm³/mol. The van der Waals surface area contributed by atoms with Gasteiger partial charge in [0.2, 0.25) is 0 Å². The van der Waals surface area contributed by atoms with Gasteiger partial charge in [0, 0.05) is 6.54 Å². The molecule has 1 N–H and O–H groups in total. The first-order valence-electron chi connectivity index (χ1n) is 7.69. The molecule has 108 valence electrons. The number of hydrogen-bond donors (Lipinski definition) is 1. The number of para-hydroxylation sites is 1. The molecule has 0 saturated heterocycles. The van der Waals surface area contributed by atoms with E-state index in [4.69, 9.17) is 4.74 Å².